The van der Waals surface area contributed by atoms with E-state index in [2.05, 4.69) is 83.1 Å². The minimum absolute atomic E-state index is 0. The Labute approximate surface area is 291 Å². The third kappa shape index (κ3) is 58.6. The van der Waals surface area contributed by atoms with Gasteiger partial charge in [0.05, 0.1) is 0 Å². The molecular weight excluding hydrogens is 656 g/mol. The van der Waals surface area contributed by atoms with Crippen LogP contribution in [0.15, 0.2) is 0 Å². The van der Waals surface area contributed by atoms with Gasteiger partial charge in [-0.05, 0) is 96.7 Å². The smallest absolute Gasteiger partial charge is 0.550 e. The van der Waals surface area contributed by atoms with Crippen molar-refractivity contribution in [3.63, 3.8) is 0 Å². The standard InChI is InChI=1S/4C9H18O2.Mo/c4*1-7(5-8(10)11)6-9(2,3)4;/h4*7H,5-6H2,1-4H3,(H,10,11);/q;;;;+4/p-4. The fourth-order valence-electron chi connectivity index (χ4n) is 5.61. The summed E-state index contributed by atoms with van der Waals surface area (Å²) in [5, 5.41) is 40.7. The first-order valence-corrected chi connectivity index (χ1v) is 16.0. The number of aliphatic carboxylic acids is 4. The van der Waals surface area contributed by atoms with Gasteiger partial charge in [0, 0.05) is 23.9 Å². The summed E-state index contributed by atoms with van der Waals surface area (Å²) >= 11 is 0. The van der Waals surface area contributed by atoms with E-state index in [1.54, 1.807) is 0 Å². The van der Waals surface area contributed by atoms with Gasteiger partial charge in [-0.2, -0.15) is 0 Å². The summed E-state index contributed by atoms with van der Waals surface area (Å²) in [7, 11) is 0. The summed E-state index contributed by atoms with van der Waals surface area (Å²) < 4.78 is 0. The van der Waals surface area contributed by atoms with Crippen molar-refractivity contribution in [1.29, 1.82) is 0 Å². The van der Waals surface area contributed by atoms with Gasteiger partial charge >= 0.3 is 21.1 Å². The molecular formula is C36H68MoO8. The van der Waals surface area contributed by atoms with Crippen molar-refractivity contribution in [2.75, 3.05) is 0 Å². The number of hydrogen-bond acceptors (Lipinski definition) is 8. The van der Waals surface area contributed by atoms with E-state index < -0.39 is 23.9 Å². The molecule has 0 aliphatic heterocycles. The molecule has 0 amide bonds. The molecule has 0 N–H and O–H groups in total. The van der Waals surface area contributed by atoms with Crippen LogP contribution in [0.4, 0.5) is 0 Å². The molecule has 0 aliphatic carbocycles. The molecule has 0 heterocycles. The predicted octanol–water partition coefficient (Wildman–Crippen LogP) is 4.79. The number of carboxylic acid groups (broad SMARTS) is 4. The zero-order chi connectivity index (χ0) is 36.3. The van der Waals surface area contributed by atoms with E-state index in [1.165, 1.54) is 0 Å². The van der Waals surface area contributed by atoms with E-state index in [9.17, 15) is 39.6 Å². The monoisotopic (exact) mass is 726 g/mol. The first-order valence-electron chi connectivity index (χ1n) is 16.0. The summed E-state index contributed by atoms with van der Waals surface area (Å²) in [5.74, 6) is -2.88. The summed E-state index contributed by atoms with van der Waals surface area (Å²) in [5.41, 5.74) is 0.869. The molecule has 4 unspecified atom stereocenters. The maximum atomic E-state index is 10.2. The van der Waals surface area contributed by atoms with Crippen molar-refractivity contribution in [2.45, 2.75) is 162 Å². The molecule has 4 atom stereocenters. The van der Waals surface area contributed by atoms with Crippen LogP contribution in [0.2, 0.25) is 0 Å². The molecule has 0 bridgehead atoms. The Hall–Kier alpha value is -1.43. The predicted molar refractivity (Wildman–Crippen MR) is 171 cm³/mol. The largest absolute Gasteiger partial charge is 4.00 e. The van der Waals surface area contributed by atoms with E-state index >= 15 is 0 Å². The van der Waals surface area contributed by atoms with E-state index in [1.807, 2.05) is 27.7 Å². The summed E-state index contributed by atoms with van der Waals surface area (Å²) in [6.07, 6.45) is 4.44. The fraction of sp³-hybridized carbons (Fsp3) is 0.889. The first-order chi connectivity index (χ1) is 19.2. The molecule has 0 aromatic heterocycles. The van der Waals surface area contributed by atoms with Gasteiger partial charge < -0.3 is 39.6 Å². The summed E-state index contributed by atoms with van der Waals surface area (Å²) in [4.78, 5) is 40.7. The zero-order valence-corrected chi connectivity index (χ0v) is 33.6. The second kappa shape index (κ2) is 24.7. The van der Waals surface area contributed by atoms with Crippen molar-refractivity contribution < 1.29 is 60.7 Å². The Bertz CT molecular complexity index is 675. The zero-order valence-electron chi connectivity index (χ0n) is 31.6. The summed E-state index contributed by atoms with van der Waals surface area (Å²) in [6.45, 7) is 33.1. The van der Waals surface area contributed by atoms with Gasteiger partial charge in [0.2, 0.25) is 0 Å². The number of carbonyl (C=O) groups is 4. The molecule has 0 spiro atoms. The topological polar surface area (TPSA) is 161 Å². The van der Waals surface area contributed by atoms with Crippen molar-refractivity contribution >= 4 is 23.9 Å². The van der Waals surface area contributed by atoms with Crippen LogP contribution in [-0.2, 0) is 40.2 Å². The van der Waals surface area contributed by atoms with Gasteiger partial charge in [-0.1, -0.05) is 111 Å². The van der Waals surface area contributed by atoms with Gasteiger partial charge in [0.1, 0.15) is 0 Å². The maximum Gasteiger partial charge on any atom is 4.00 e. The van der Waals surface area contributed by atoms with Crippen LogP contribution in [0.25, 0.3) is 0 Å². The second-order valence-corrected chi connectivity index (χ2v) is 17.8. The van der Waals surface area contributed by atoms with Gasteiger partial charge in [0.25, 0.3) is 0 Å². The van der Waals surface area contributed by atoms with Crippen LogP contribution in [0.3, 0.4) is 0 Å². The molecule has 9 heteroatoms. The number of hydrogen-bond donors (Lipinski definition) is 0. The summed E-state index contributed by atoms with van der Waals surface area (Å²) in [6, 6.07) is 0. The van der Waals surface area contributed by atoms with Crippen LogP contribution in [-0.4, -0.2) is 23.9 Å². The maximum absolute atomic E-state index is 10.2. The molecule has 45 heavy (non-hydrogen) atoms. The number of carboxylic acids is 4. The van der Waals surface area contributed by atoms with Gasteiger partial charge in [0.15, 0.2) is 0 Å². The molecule has 0 aromatic rings. The minimum Gasteiger partial charge on any atom is -0.550 e. The van der Waals surface area contributed by atoms with Crippen molar-refractivity contribution in [2.24, 2.45) is 45.3 Å². The average Bonchev–Trinajstić information content (AvgIpc) is 2.60. The van der Waals surface area contributed by atoms with Crippen LogP contribution in [0.1, 0.15) is 162 Å². The molecule has 0 aromatic carbocycles. The molecule has 266 valence electrons. The Morgan fingerprint density at radius 3 is 0.556 bits per heavy atom. The van der Waals surface area contributed by atoms with Crippen LogP contribution < -0.4 is 20.4 Å². The molecule has 0 radical (unpaired) electrons. The Balaban J connectivity index is -0.000000157. The fourth-order valence-corrected chi connectivity index (χ4v) is 5.61. The molecule has 0 saturated carbocycles. The van der Waals surface area contributed by atoms with Gasteiger partial charge in [-0.3, -0.25) is 0 Å². The van der Waals surface area contributed by atoms with Crippen LogP contribution in [0, 0.1) is 45.3 Å². The van der Waals surface area contributed by atoms with Crippen LogP contribution in [0.5, 0.6) is 0 Å². The third-order valence-electron chi connectivity index (χ3n) is 5.90. The van der Waals surface area contributed by atoms with Gasteiger partial charge in [-0.25, -0.2) is 0 Å². The third-order valence-corrected chi connectivity index (χ3v) is 5.90. The minimum atomic E-state index is -0.943. The molecule has 0 fully saturated rings. The van der Waals surface area contributed by atoms with Crippen molar-refractivity contribution in [3.8, 4) is 0 Å². The van der Waals surface area contributed by atoms with Gasteiger partial charge in [-0.15, -0.1) is 0 Å². The van der Waals surface area contributed by atoms with E-state index in [-0.39, 0.29) is 92.1 Å². The van der Waals surface area contributed by atoms with E-state index in [4.69, 9.17) is 0 Å². The first kappa shape index (κ1) is 53.1. The molecule has 8 nitrogen and oxygen atoms in total. The average molecular weight is 725 g/mol. The Morgan fingerprint density at radius 2 is 0.489 bits per heavy atom. The van der Waals surface area contributed by atoms with Crippen molar-refractivity contribution in [1.82, 2.24) is 0 Å². The number of rotatable bonds is 12. The Morgan fingerprint density at radius 1 is 0.378 bits per heavy atom. The second-order valence-electron chi connectivity index (χ2n) is 17.8. The van der Waals surface area contributed by atoms with E-state index in [0.717, 1.165) is 25.7 Å². The van der Waals surface area contributed by atoms with Crippen molar-refractivity contribution in [3.05, 3.63) is 0 Å². The molecule has 0 aliphatic rings. The van der Waals surface area contributed by atoms with Crippen LogP contribution >= 0.6 is 0 Å². The molecule has 0 saturated heterocycles. The molecule has 0 rings (SSSR count). The number of carbonyl (C=O) groups excluding carboxylic acids is 4. The normalized spacial score (nSPS) is 14.2. The van der Waals surface area contributed by atoms with E-state index in [0.29, 0.717) is 0 Å². The SMILES string of the molecule is CC(CC(=O)[O-])CC(C)(C)C.CC(CC(=O)[O-])CC(C)(C)C.CC(CC(=O)[O-])CC(C)(C)C.CC(CC(=O)[O-])CC(C)(C)C.[Mo+4]. The quantitative estimate of drug-likeness (QED) is 0.260. The Kier molecular flexibility index (Phi) is 29.1.